The van der Waals surface area contributed by atoms with Crippen molar-refractivity contribution in [2.75, 3.05) is 0 Å². The molecular formula is C9H5FN4OS. The van der Waals surface area contributed by atoms with E-state index in [1.807, 2.05) is 5.43 Å². The highest BCUT2D eigenvalue weighted by atomic mass is 32.1. The van der Waals surface area contributed by atoms with Gasteiger partial charge in [-0.25, -0.2) is 15.2 Å². The summed E-state index contributed by atoms with van der Waals surface area (Å²) in [5, 5.41) is 8.76. The van der Waals surface area contributed by atoms with E-state index in [0.29, 0.717) is 10.2 Å². The van der Waals surface area contributed by atoms with Crippen molar-refractivity contribution >= 4 is 27.5 Å². The van der Waals surface area contributed by atoms with Gasteiger partial charge in [-0.3, -0.25) is 10.2 Å². The summed E-state index contributed by atoms with van der Waals surface area (Å²) in [4.78, 5) is 15.1. The van der Waals surface area contributed by atoms with E-state index in [1.165, 1.54) is 12.1 Å². The monoisotopic (exact) mass is 236 g/mol. The molecule has 16 heavy (non-hydrogen) atoms. The van der Waals surface area contributed by atoms with Gasteiger partial charge in [0.2, 0.25) is 0 Å². The van der Waals surface area contributed by atoms with Crippen molar-refractivity contribution < 1.29 is 9.18 Å². The lowest BCUT2D eigenvalue weighted by Gasteiger charge is -1.91. The Morgan fingerprint density at radius 2 is 2.38 bits per heavy atom. The normalized spacial score (nSPS) is 10.1. The molecule has 7 heteroatoms. The van der Waals surface area contributed by atoms with E-state index in [1.54, 1.807) is 6.07 Å². The number of nitrogen functional groups attached to an aromatic ring is 1. The number of rotatable bonds is 1. The van der Waals surface area contributed by atoms with Crippen LogP contribution in [0.2, 0.25) is 0 Å². The molecular weight excluding hydrogens is 231 g/mol. The number of carbonyl (C=O) groups excluding carboxylic acids is 1. The fourth-order valence-electron chi connectivity index (χ4n) is 1.19. The zero-order valence-electron chi connectivity index (χ0n) is 7.82. The number of hydrogen-bond acceptors (Lipinski definition) is 5. The first-order valence-electron chi connectivity index (χ1n) is 4.17. The molecule has 1 aromatic heterocycles. The second-order valence-corrected chi connectivity index (χ2v) is 3.93. The Hall–Kier alpha value is -2.04. The number of carbonyl (C=O) groups is 1. The molecule has 0 radical (unpaired) electrons. The van der Waals surface area contributed by atoms with Gasteiger partial charge in [0, 0.05) is 0 Å². The summed E-state index contributed by atoms with van der Waals surface area (Å²) in [5.41, 5.74) is 2.24. The van der Waals surface area contributed by atoms with Gasteiger partial charge in [-0.05, 0) is 12.1 Å². The predicted molar refractivity (Wildman–Crippen MR) is 55.9 cm³/mol. The number of benzene rings is 1. The van der Waals surface area contributed by atoms with Crippen molar-refractivity contribution in [1.82, 2.24) is 10.4 Å². The van der Waals surface area contributed by atoms with Crippen LogP contribution in [0.15, 0.2) is 12.1 Å². The first-order valence-corrected chi connectivity index (χ1v) is 4.98. The Balaban J connectivity index is 2.63. The Morgan fingerprint density at radius 3 is 3.00 bits per heavy atom. The van der Waals surface area contributed by atoms with Crippen LogP contribution in [0.3, 0.4) is 0 Å². The number of amides is 1. The minimum atomic E-state index is -0.627. The molecule has 0 fully saturated rings. The molecule has 0 atom stereocenters. The quantitative estimate of drug-likeness (QED) is 0.437. The highest BCUT2D eigenvalue weighted by Gasteiger charge is 2.13. The van der Waals surface area contributed by atoms with Gasteiger partial charge in [0.1, 0.15) is 11.9 Å². The van der Waals surface area contributed by atoms with Crippen LogP contribution in [0.25, 0.3) is 10.2 Å². The number of nitriles is 1. The SMILES string of the molecule is N#Cc1cc2nc(C(=O)NN)sc2cc1F. The maximum atomic E-state index is 13.2. The maximum absolute atomic E-state index is 13.2. The van der Waals surface area contributed by atoms with Gasteiger partial charge in [-0.2, -0.15) is 5.26 Å². The van der Waals surface area contributed by atoms with Crippen molar-refractivity contribution in [3.63, 3.8) is 0 Å². The van der Waals surface area contributed by atoms with Crippen LogP contribution in [0.1, 0.15) is 15.4 Å². The average Bonchev–Trinajstić information content (AvgIpc) is 2.69. The molecule has 2 aromatic rings. The Kier molecular flexibility index (Phi) is 2.52. The summed E-state index contributed by atoms with van der Waals surface area (Å²) in [7, 11) is 0. The number of hydrogen-bond donors (Lipinski definition) is 2. The minimum Gasteiger partial charge on any atom is -0.288 e. The lowest BCUT2D eigenvalue weighted by molar-refractivity contribution is 0.0953. The number of fused-ring (bicyclic) bond motifs is 1. The van der Waals surface area contributed by atoms with Gasteiger partial charge in [0.05, 0.1) is 15.8 Å². The van der Waals surface area contributed by atoms with Gasteiger partial charge < -0.3 is 0 Å². The second kappa shape index (κ2) is 3.84. The lowest BCUT2D eigenvalue weighted by atomic mass is 10.2. The summed E-state index contributed by atoms with van der Waals surface area (Å²) in [6.07, 6.45) is 0. The fraction of sp³-hybridized carbons (Fsp3) is 0. The van der Waals surface area contributed by atoms with Crippen molar-refractivity contribution in [2.24, 2.45) is 5.84 Å². The number of hydrazine groups is 1. The van der Waals surface area contributed by atoms with Gasteiger partial charge in [0.25, 0.3) is 5.91 Å². The summed E-state index contributed by atoms with van der Waals surface area (Å²) >= 11 is 1.01. The van der Waals surface area contributed by atoms with E-state index in [0.717, 1.165) is 11.3 Å². The average molecular weight is 236 g/mol. The van der Waals surface area contributed by atoms with E-state index in [9.17, 15) is 9.18 Å². The third kappa shape index (κ3) is 1.60. The third-order valence-corrected chi connectivity index (χ3v) is 2.94. The zero-order chi connectivity index (χ0) is 11.7. The molecule has 2 rings (SSSR count). The summed E-state index contributed by atoms with van der Waals surface area (Å²) in [5.74, 6) is 3.78. The molecule has 1 heterocycles. The molecule has 1 aromatic carbocycles. The van der Waals surface area contributed by atoms with Crippen molar-refractivity contribution in [2.45, 2.75) is 0 Å². The highest BCUT2D eigenvalue weighted by molar-refractivity contribution is 7.20. The van der Waals surface area contributed by atoms with E-state index in [-0.39, 0.29) is 10.6 Å². The maximum Gasteiger partial charge on any atom is 0.294 e. The summed E-state index contributed by atoms with van der Waals surface area (Å²) in [6, 6.07) is 4.18. The number of nitrogens with one attached hydrogen (secondary N) is 1. The van der Waals surface area contributed by atoms with Crippen LogP contribution in [-0.4, -0.2) is 10.9 Å². The van der Waals surface area contributed by atoms with Gasteiger partial charge in [0.15, 0.2) is 5.01 Å². The Labute approximate surface area is 93.3 Å². The number of halogens is 1. The van der Waals surface area contributed by atoms with Crippen LogP contribution >= 0.6 is 11.3 Å². The molecule has 0 bridgehead atoms. The summed E-state index contributed by atoms with van der Waals surface area (Å²) < 4.78 is 13.7. The van der Waals surface area contributed by atoms with E-state index >= 15 is 0 Å². The van der Waals surface area contributed by atoms with Crippen LogP contribution < -0.4 is 11.3 Å². The molecule has 0 aliphatic carbocycles. The number of nitrogens with zero attached hydrogens (tertiary/aromatic N) is 2. The molecule has 0 saturated heterocycles. The van der Waals surface area contributed by atoms with Gasteiger partial charge >= 0.3 is 0 Å². The van der Waals surface area contributed by atoms with E-state index in [4.69, 9.17) is 11.1 Å². The molecule has 0 spiro atoms. The number of aromatic nitrogens is 1. The van der Waals surface area contributed by atoms with Crippen LogP contribution in [0.5, 0.6) is 0 Å². The fourth-order valence-corrected chi connectivity index (χ4v) is 2.07. The molecule has 1 amide bonds. The zero-order valence-corrected chi connectivity index (χ0v) is 8.64. The van der Waals surface area contributed by atoms with E-state index < -0.39 is 11.7 Å². The Morgan fingerprint density at radius 1 is 1.62 bits per heavy atom. The lowest BCUT2D eigenvalue weighted by Crippen LogP contribution is -2.29. The standard InChI is InChI=1S/C9H5FN4OS/c10-5-2-7-6(1-4(5)3-11)13-9(16-7)8(15)14-12/h1-2H,12H2,(H,14,15). The van der Waals surface area contributed by atoms with E-state index in [2.05, 4.69) is 4.98 Å². The molecule has 0 aliphatic rings. The van der Waals surface area contributed by atoms with Crippen molar-refractivity contribution in [3.05, 3.63) is 28.5 Å². The molecule has 0 saturated carbocycles. The molecule has 3 N–H and O–H groups in total. The largest absolute Gasteiger partial charge is 0.294 e. The van der Waals surface area contributed by atoms with Gasteiger partial charge in [-0.1, -0.05) is 0 Å². The smallest absolute Gasteiger partial charge is 0.288 e. The first kappa shape index (κ1) is 10.5. The van der Waals surface area contributed by atoms with Crippen molar-refractivity contribution in [3.8, 4) is 6.07 Å². The topological polar surface area (TPSA) is 91.8 Å². The highest BCUT2D eigenvalue weighted by Crippen LogP contribution is 2.24. The van der Waals surface area contributed by atoms with Crippen molar-refractivity contribution in [1.29, 1.82) is 5.26 Å². The van der Waals surface area contributed by atoms with Gasteiger partial charge in [-0.15, -0.1) is 11.3 Å². The van der Waals surface area contributed by atoms with Crippen LogP contribution in [0, 0.1) is 17.1 Å². The van der Waals surface area contributed by atoms with Crippen LogP contribution in [-0.2, 0) is 0 Å². The number of nitrogens with two attached hydrogens (primary N) is 1. The molecule has 0 unspecified atom stereocenters. The third-order valence-electron chi connectivity index (χ3n) is 1.92. The molecule has 0 aliphatic heterocycles. The summed E-state index contributed by atoms with van der Waals surface area (Å²) in [6.45, 7) is 0. The minimum absolute atomic E-state index is 0.0995. The second-order valence-electron chi connectivity index (χ2n) is 2.90. The number of thiazole rings is 1. The molecule has 80 valence electrons. The Bertz CT molecular complexity index is 616. The molecule has 5 nitrogen and oxygen atoms in total. The predicted octanol–water partition coefficient (Wildman–Crippen LogP) is 0.911. The van der Waals surface area contributed by atoms with Crippen LogP contribution in [0.4, 0.5) is 4.39 Å². The first-order chi connectivity index (χ1) is 7.65.